The van der Waals surface area contributed by atoms with Gasteiger partial charge in [-0.2, -0.15) is 11.8 Å². The fourth-order valence-corrected chi connectivity index (χ4v) is 1.91. The minimum atomic E-state index is -0.459. The van der Waals surface area contributed by atoms with Crippen LogP contribution in [0.25, 0.3) is 0 Å². The molecule has 1 aromatic rings. The molecule has 1 amide bonds. The van der Waals surface area contributed by atoms with Crippen molar-refractivity contribution in [2.75, 3.05) is 19.4 Å². The maximum atomic E-state index is 13.2. The number of carbonyl (C=O) groups excluding carboxylic acids is 1. The van der Waals surface area contributed by atoms with Gasteiger partial charge >= 0.3 is 0 Å². The first kappa shape index (κ1) is 16.5. The van der Waals surface area contributed by atoms with E-state index >= 15 is 0 Å². The highest BCUT2D eigenvalue weighted by molar-refractivity contribution is 7.99. The number of hydrogen-bond acceptors (Lipinski definition) is 3. The lowest BCUT2D eigenvalue weighted by Gasteiger charge is -2.10. The molecule has 0 heterocycles. The molecular formula is C15H18FNO2S. The first-order valence-electron chi connectivity index (χ1n) is 6.28. The molecule has 0 aliphatic heterocycles. The fourth-order valence-electron chi connectivity index (χ4n) is 1.55. The third-order valence-electron chi connectivity index (χ3n) is 2.77. The van der Waals surface area contributed by atoms with Gasteiger partial charge in [0.05, 0.1) is 5.56 Å². The van der Waals surface area contributed by atoms with Crippen LogP contribution in [0.2, 0.25) is 0 Å². The summed E-state index contributed by atoms with van der Waals surface area (Å²) in [6.45, 7) is 2.32. The molecule has 0 saturated heterocycles. The predicted molar refractivity (Wildman–Crippen MR) is 80.3 cm³/mol. The number of halogens is 1. The summed E-state index contributed by atoms with van der Waals surface area (Å²) in [7, 11) is 0. The minimum Gasteiger partial charge on any atom is -0.384 e. The van der Waals surface area contributed by atoms with Crippen LogP contribution in [-0.4, -0.2) is 35.7 Å². The molecule has 3 nitrogen and oxygen atoms in total. The van der Waals surface area contributed by atoms with Gasteiger partial charge < -0.3 is 10.4 Å². The van der Waals surface area contributed by atoms with Gasteiger partial charge in [0.15, 0.2) is 0 Å². The number of carbonyl (C=O) groups is 1. The second-order valence-corrected chi connectivity index (χ2v) is 5.52. The molecule has 108 valence electrons. The molecule has 0 fully saturated rings. The topological polar surface area (TPSA) is 49.3 Å². The molecule has 5 heteroatoms. The average Bonchev–Trinajstić information content (AvgIpc) is 2.44. The summed E-state index contributed by atoms with van der Waals surface area (Å²) in [6.07, 6.45) is 2.89. The Balaban J connectivity index is 2.76. The van der Waals surface area contributed by atoms with Crippen LogP contribution in [0.4, 0.5) is 4.39 Å². The Morgan fingerprint density at radius 1 is 1.55 bits per heavy atom. The van der Waals surface area contributed by atoms with Crippen molar-refractivity contribution in [3.8, 4) is 11.8 Å². The Kier molecular flexibility index (Phi) is 7.13. The number of aliphatic hydroxyl groups is 1. The normalized spacial score (nSPS) is 11.4. The zero-order chi connectivity index (χ0) is 15.0. The van der Waals surface area contributed by atoms with Crippen LogP contribution < -0.4 is 5.32 Å². The van der Waals surface area contributed by atoms with E-state index in [1.54, 1.807) is 11.8 Å². The molecule has 0 aliphatic carbocycles. The van der Waals surface area contributed by atoms with Crippen LogP contribution in [0, 0.1) is 17.7 Å². The summed E-state index contributed by atoms with van der Waals surface area (Å²) in [4.78, 5) is 12.0. The number of hydrogen-bond donors (Lipinski definition) is 2. The lowest BCUT2D eigenvalue weighted by atomic mass is 10.1. The fraction of sp³-hybridized carbons (Fsp3) is 0.400. The Hall–Kier alpha value is -1.51. The maximum absolute atomic E-state index is 13.2. The smallest absolute Gasteiger partial charge is 0.252 e. The standard InChI is InChI=1S/C15H18FNO2S/c1-11(20-2)7-8-17-15(19)14-6-5-13(16)10-12(14)4-3-9-18/h5-6,10-11,18H,7-9H2,1-2H3,(H,17,19). The van der Waals surface area contributed by atoms with Crippen molar-refractivity contribution >= 4 is 17.7 Å². The molecule has 1 atom stereocenters. The lowest BCUT2D eigenvalue weighted by Crippen LogP contribution is -2.26. The van der Waals surface area contributed by atoms with Gasteiger partial charge in [-0.1, -0.05) is 18.8 Å². The average molecular weight is 295 g/mol. The number of benzene rings is 1. The second kappa shape index (κ2) is 8.62. The monoisotopic (exact) mass is 295 g/mol. The summed E-state index contributed by atoms with van der Waals surface area (Å²) in [5, 5.41) is 12.0. The minimum absolute atomic E-state index is 0.277. The molecule has 0 aliphatic rings. The van der Waals surface area contributed by atoms with Crippen molar-refractivity contribution in [1.82, 2.24) is 5.32 Å². The van der Waals surface area contributed by atoms with Crippen LogP contribution in [-0.2, 0) is 0 Å². The van der Waals surface area contributed by atoms with E-state index < -0.39 is 5.82 Å². The van der Waals surface area contributed by atoms with E-state index in [-0.39, 0.29) is 18.1 Å². The predicted octanol–water partition coefficient (Wildman–Crippen LogP) is 2.04. The highest BCUT2D eigenvalue weighted by Crippen LogP contribution is 2.11. The molecular weight excluding hydrogens is 277 g/mol. The summed E-state index contributed by atoms with van der Waals surface area (Å²) in [5.41, 5.74) is 0.610. The number of nitrogens with one attached hydrogen (secondary N) is 1. The largest absolute Gasteiger partial charge is 0.384 e. The van der Waals surface area contributed by atoms with E-state index in [0.29, 0.717) is 17.4 Å². The van der Waals surface area contributed by atoms with Gasteiger partial charge in [-0.25, -0.2) is 4.39 Å². The maximum Gasteiger partial charge on any atom is 0.252 e. The van der Waals surface area contributed by atoms with Crippen molar-refractivity contribution < 1.29 is 14.3 Å². The summed E-state index contributed by atoms with van der Waals surface area (Å²) in [5.74, 6) is 4.28. The molecule has 1 unspecified atom stereocenters. The quantitative estimate of drug-likeness (QED) is 0.817. The molecule has 0 spiro atoms. The summed E-state index contributed by atoms with van der Waals surface area (Å²) < 4.78 is 13.2. The van der Waals surface area contributed by atoms with E-state index in [9.17, 15) is 9.18 Å². The number of aliphatic hydroxyl groups excluding tert-OH is 1. The molecule has 1 aromatic carbocycles. The Labute approximate surface area is 123 Å². The van der Waals surface area contributed by atoms with Crippen molar-refractivity contribution in [2.24, 2.45) is 0 Å². The van der Waals surface area contributed by atoms with Crippen molar-refractivity contribution in [2.45, 2.75) is 18.6 Å². The summed E-state index contributed by atoms with van der Waals surface area (Å²) >= 11 is 1.74. The van der Waals surface area contributed by atoms with Gasteiger partial charge in [-0.15, -0.1) is 0 Å². The molecule has 0 bridgehead atoms. The third-order valence-corrected chi connectivity index (χ3v) is 3.81. The second-order valence-electron chi connectivity index (χ2n) is 4.24. The molecule has 20 heavy (non-hydrogen) atoms. The number of amides is 1. The number of rotatable bonds is 5. The number of thioether (sulfide) groups is 1. The Bertz CT molecular complexity index is 522. The van der Waals surface area contributed by atoms with Crippen LogP contribution in [0.15, 0.2) is 18.2 Å². The van der Waals surface area contributed by atoms with E-state index in [1.807, 2.05) is 6.26 Å². The van der Waals surface area contributed by atoms with Gasteiger partial charge in [0.1, 0.15) is 12.4 Å². The first-order valence-corrected chi connectivity index (χ1v) is 7.57. The summed E-state index contributed by atoms with van der Waals surface area (Å²) in [6, 6.07) is 3.83. The Morgan fingerprint density at radius 2 is 2.30 bits per heavy atom. The van der Waals surface area contributed by atoms with E-state index in [0.717, 1.165) is 6.42 Å². The van der Waals surface area contributed by atoms with Gasteiger partial charge in [0.2, 0.25) is 0 Å². The van der Waals surface area contributed by atoms with Crippen molar-refractivity contribution in [3.63, 3.8) is 0 Å². The van der Waals surface area contributed by atoms with Gasteiger partial charge in [0.25, 0.3) is 5.91 Å². The highest BCUT2D eigenvalue weighted by atomic mass is 32.2. The molecule has 1 rings (SSSR count). The van der Waals surface area contributed by atoms with Gasteiger partial charge in [-0.05, 0) is 30.9 Å². The van der Waals surface area contributed by atoms with Crippen LogP contribution >= 0.6 is 11.8 Å². The highest BCUT2D eigenvalue weighted by Gasteiger charge is 2.11. The van der Waals surface area contributed by atoms with Crippen LogP contribution in [0.5, 0.6) is 0 Å². The molecule has 0 radical (unpaired) electrons. The van der Waals surface area contributed by atoms with Gasteiger partial charge in [0, 0.05) is 17.4 Å². The SMILES string of the molecule is CSC(C)CCNC(=O)c1ccc(F)cc1C#CCO. The Morgan fingerprint density at radius 3 is 2.95 bits per heavy atom. The van der Waals surface area contributed by atoms with E-state index in [4.69, 9.17) is 5.11 Å². The molecule has 0 aromatic heterocycles. The van der Waals surface area contributed by atoms with E-state index in [1.165, 1.54) is 18.2 Å². The molecule has 0 saturated carbocycles. The lowest BCUT2D eigenvalue weighted by molar-refractivity contribution is 0.0953. The van der Waals surface area contributed by atoms with E-state index in [2.05, 4.69) is 24.1 Å². The van der Waals surface area contributed by atoms with Crippen LogP contribution in [0.1, 0.15) is 29.3 Å². The first-order chi connectivity index (χ1) is 9.58. The third kappa shape index (κ3) is 5.24. The van der Waals surface area contributed by atoms with Crippen molar-refractivity contribution in [3.05, 3.63) is 35.1 Å². The molecule has 2 N–H and O–H groups in total. The van der Waals surface area contributed by atoms with Crippen LogP contribution in [0.3, 0.4) is 0 Å². The zero-order valence-corrected chi connectivity index (χ0v) is 12.4. The zero-order valence-electron chi connectivity index (χ0n) is 11.6. The van der Waals surface area contributed by atoms with Gasteiger partial charge in [-0.3, -0.25) is 4.79 Å². The van der Waals surface area contributed by atoms with Crippen molar-refractivity contribution in [1.29, 1.82) is 0 Å².